The monoisotopic (exact) mass is 262 g/mol. The van der Waals surface area contributed by atoms with Crippen molar-refractivity contribution < 1.29 is 12.6 Å². The van der Waals surface area contributed by atoms with E-state index in [4.69, 9.17) is 0 Å². The van der Waals surface area contributed by atoms with Gasteiger partial charge in [-0.15, -0.1) is 0 Å². The maximum absolute atomic E-state index is 11.4. The molecule has 0 aliphatic heterocycles. The molecule has 2 aromatic rings. The molecule has 0 saturated heterocycles. The maximum Gasteiger partial charge on any atom is 0.271 e. The van der Waals surface area contributed by atoms with Crippen molar-refractivity contribution in [2.45, 2.75) is 5.75 Å². The van der Waals surface area contributed by atoms with E-state index in [0.717, 1.165) is 16.7 Å². The Morgan fingerprint density at radius 3 is 2.28 bits per heavy atom. The summed E-state index contributed by atoms with van der Waals surface area (Å²) in [6.07, 6.45) is 0. The van der Waals surface area contributed by atoms with Crippen LogP contribution in [0.25, 0.3) is 11.1 Å². The Morgan fingerprint density at radius 2 is 1.61 bits per heavy atom. The molecule has 0 N–H and O–H groups in total. The van der Waals surface area contributed by atoms with E-state index in [1.54, 1.807) is 6.07 Å². The molecule has 18 heavy (non-hydrogen) atoms. The summed E-state index contributed by atoms with van der Waals surface area (Å²) in [5, 5.41) is 0. The van der Waals surface area contributed by atoms with Crippen molar-refractivity contribution in [1.82, 2.24) is 0 Å². The van der Waals surface area contributed by atoms with E-state index in [2.05, 4.69) is 4.18 Å². The van der Waals surface area contributed by atoms with Gasteiger partial charge in [0.15, 0.2) is 0 Å². The molecule has 2 rings (SSSR count). The average Bonchev–Trinajstić information content (AvgIpc) is 2.40. The van der Waals surface area contributed by atoms with Crippen LogP contribution in [0.1, 0.15) is 5.56 Å². The van der Waals surface area contributed by atoms with Crippen LogP contribution in [0.2, 0.25) is 0 Å². The zero-order valence-corrected chi connectivity index (χ0v) is 10.9. The summed E-state index contributed by atoms with van der Waals surface area (Å²) in [4.78, 5) is 0. The third-order valence-electron chi connectivity index (χ3n) is 2.63. The van der Waals surface area contributed by atoms with Crippen LogP contribution in [-0.2, 0) is 20.1 Å². The number of benzene rings is 2. The molecule has 4 heteroatoms. The number of hydrogen-bond acceptors (Lipinski definition) is 3. The lowest BCUT2D eigenvalue weighted by Gasteiger charge is -2.05. The predicted molar refractivity (Wildman–Crippen MR) is 71.5 cm³/mol. The molecule has 0 aromatic heterocycles. The fourth-order valence-corrected chi connectivity index (χ4v) is 2.44. The minimum Gasteiger partial charge on any atom is -0.273 e. The third-order valence-corrected chi connectivity index (χ3v) is 3.83. The first kappa shape index (κ1) is 12.8. The van der Waals surface area contributed by atoms with Crippen molar-refractivity contribution in [1.29, 1.82) is 0 Å². The molecule has 0 bridgehead atoms. The van der Waals surface area contributed by atoms with Crippen LogP contribution < -0.4 is 0 Å². The molecule has 0 amide bonds. The smallest absolute Gasteiger partial charge is 0.271 e. The van der Waals surface area contributed by atoms with Crippen molar-refractivity contribution >= 4 is 10.1 Å². The number of rotatable bonds is 4. The quantitative estimate of drug-likeness (QED) is 0.796. The second kappa shape index (κ2) is 5.33. The Kier molecular flexibility index (Phi) is 3.79. The lowest BCUT2D eigenvalue weighted by atomic mass is 10.0. The van der Waals surface area contributed by atoms with Crippen molar-refractivity contribution in [3.63, 3.8) is 0 Å². The lowest BCUT2D eigenvalue weighted by Crippen LogP contribution is -2.05. The summed E-state index contributed by atoms with van der Waals surface area (Å²) in [5.74, 6) is -0.107. The van der Waals surface area contributed by atoms with Crippen LogP contribution in [0.5, 0.6) is 0 Å². The van der Waals surface area contributed by atoms with Crippen molar-refractivity contribution in [2.75, 3.05) is 7.11 Å². The fraction of sp³-hybridized carbons (Fsp3) is 0.143. The van der Waals surface area contributed by atoms with Crippen molar-refractivity contribution in [2.24, 2.45) is 0 Å². The van der Waals surface area contributed by atoms with Gasteiger partial charge >= 0.3 is 0 Å². The van der Waals surface area contributed by atoms with E-state index >= 15 is 0 Å². The summed E-state index contributed by atoms with van der Waals surface area (Å²) in [6, 6.07) is 17.3. The standard InChI is InChI=1S/C14H14O3S/c1-17-18(15,16)11-12-6-5-9-14(10-12)13-7-3-2-4-8-13/h2-10H,11H2,1H3. The van der Waals surface area contributed by atoms with Gasteiger partial charge in [-0.05, 0) is 16.7 Å². The van der Waals surface area contributed by atoms with Crippen LogP contribution >= 0.6 is 0 Å². The minimum atomic E-state index is -3.47. The van der Waals surface area contributed by atoms with Crippen LogP contribution in [0, 0.1) is 0 Å². The topological polar surface area (TPSA) is 43.4 Å². The summed E-state index contributed by atoms with van der Waals surface area (Å²) in [5.41, 5.74) is 2.78. The molecule has 0 fully saturated rings. The molecule has 94 valence electrons. The molecule has 0 aliphatic rings. The summed E-state index contributed by atoms with van der Waals surface area (Å²) >= 11 is 0. The second-order valence-corrected chi connectivity index (χ2v) is 5.67. The van der Waals surface area contributed by atoms with Gasteiger partial charge in [0.1, 0.15) is 5.75 Å². The van der Waals surface area contributed by atoms with Gasteiger partial charge in [-0.25, -0.2) is 0 Å². The third kappa shape index (κ3) is 3.18. The van der Waals surface area contributed by atoms with E-state index in [-0.39, 0.29) is 5.75 Å². The van der Waals surface area contributed by atoms with Crippen LogP contribution in [-0.4, -0.2) is 15.5 Å². The molecular weight excluding hydrogens is 248 g/mol. The SMILES string of the molecule is COS(=O)(=O)Cc1cccc(-c2ccccc2)c1. The van der Waals surface area contributed by atoms with Crippen LogP contribution in [0.3, 0.4) is 0 Å². The van der Waals surface area contributed by atoms with E-state index in [9.17, 15) is 8.42 Å². The molecule has 0 atom stereocenters. The Hall–Kier alpha value is -1.65. The van der Waals surface area contributed by atoms with Crippen LogP contribution in [0.4, 0.5) is 0 Å². The summed E-state index contributed by atoms with van der Waals surface area (Å²) in [6.45, 7) is 0. The molecule has 0 radical (unpaired) electrons. The molecule has 0 aliphatic carbocycles. The molecule has 0 spiro atoms. The highest BCUT2D eigenvalue weighted by molar-refractivity contribution is 7.85. The largest absolute Gasteiger partial charge is 0.273 e. The summed E-state index contributed by atoms with van der Waals surface area (Å²) in [7, 11) is -2.29. The molecule has 2 aromatic carbocycles. The van der Waals surface area contributed by atoms with Gasteiger partial charge in [-0.2, -0.15) is 8.42 Å². The van der Waals surface area contributed by atoms with Gasteiger partial charge < -0.3 is 0 Å². The molecule has 0 saturated carbocycles. The van der Waals surface area contributed by atoms with E-state index in [1.807, 2.05) is 48.5 Å². The Balaban J connectivity index is 2.32. The highest BCUT2D eigenvalue weighted by Gasteiger charge is 2.10. The van der Waals surface area contributed by atoms with Gasteiger partial charge in [0.25, 0.3) is 10.1 Å². The highest BCUT2D eigenvalue weighted by Crippen LogP contribution is 2.21. The Morgan fingerprint density at radius 1 is 0.944 bits per heavy atom. The highest BCUT2D eigenvalue weighted by atomic mass is 32.2. The van der Waals surface area contributed by atoms with Crippen molar-refractivity contribution in [3.8, 4) is 11.1 Å². The first-order valence-corrected chi connectivity index (χ1v) is 7.11. The zero-order chi connectivity index (χ0) is 13.0. The van der Waals surface area contributed by atoms with Gasteiger partial charge in [-0.3, -0.25) is 4.18 Å². The molecule has 0 unspecified atom stereocenters. The van der Waals surface area contributed by atoms with Crippen LogP contribution in [0.15, 0.2) is 54.6 Å². The number of hydrogen-bond donors (Lipinski definition) is 0. The van der Waals surface area contributed by atoms with Gasteiger partial charge in [0.05, 0.1) is 7.11 Å². The first-order chi connectivity index (χ1) is 8.61. The zero-order valence-electron chi connectivity index (χ0n) is 10.0. The van der Waals surface area contributed by atoms with E-state index in [1.165, 1.54) is 7.11 Å². The van der Waals surface area contributed by atoms with E-state index < -0.39 is 10.1 Å². The van der Waals surface area contributed by atoms with Gasteiger partial charge in [-0.1, -0.05) is 54.6 Å². The van der Waals surface area contributed by atoms with Gasteiger partial charge in [0.2, 0.25) is 0 Å². The maximum atomic E-state index is 11.4. The first-order valence-electron chi connectivity index (χ1n) is 5.53. The Labute approximate surface area is 107 Å². The summed E-state index contributed by atoms with van der Waals surface area (Å²) < 4.78 is 27.2. The molecule has 0 heterocycles. The minimum absolute atomic E-state index is 0.107. The average molecular weight is 262 g/mol. The Bertz CT molecular complexity index is 618. The van der Waals surface area contributed by atoms with E-state index in [0.29, 0.717) is 0 Å². The second-order valence-electron chi connectivity index (χ2n) is 3.94. The lowest BCUT2D eigenvalue weighted by molar-refractivity contribution is 0.397. The normalized spacial score (nSPS) is 11.4. The molecular formula is C14H14O3S. The molecule has 3 nitrogen and oxygen atoms in total. The fourth-order valence-electron chi connectivity index (χ4n) is 1.73. The van der Waals surface area contributed by atoms with Crippen molar-refractivity contribution in [3.05, 3.63) is 60.2 Å². The predicted octanol–water partition coefficient (Wildman–Crippen LogP) is 2.83. The van der Waals surface area contributed by atoms with Gasteiger partial charge in [0, 0.05) is 0 Å².